The fourth-order valence-electron chi connectivity index (χ4n) is 3.20. The van der Waals surface area contributed by atoms with Crippen molar-refractivity contribution in [2.75, 3.05) is 0 Å². The molecule has 1 atom stereocenters. The third-order valence-electron chi connectivity index (χ3n) is 4.77. The number of ketones is 1. The highest BCUT2D eigenvalue weighted by Crippen LogP contribution is 2.24. The van der Waals surface area contributed by atoms with E-state index in [0.29, 0.717) is 11.4 Å². The predicted octanol–water partition coefficient (Wildman–Crippen LogP) is 8.14. The van der Waals surface area contributed by atoms with Crippen LogP contribution in [-0.4, -0.2) is 20.9 Å². The Kier molecular flexibility index (Phi) is 10.1. The fourth-order valence-corrected chi connectivity index (χ4v) is 4.32. The lowest BCUT2D eigenvalue weighted by molar-refractivity contribution is 0.101. The van der Waals surface area contributed by atoms with Crippen LogP contribution >= 0.6 is 31.9 Å². The van der Waals surface area contributed by atoms with Gasteiger partial charge in [-0.2, -0.15) is 0 Å². The number of hydrogen-bond acceptors (Lipinski definition) is 4. The molecule has 0 spiro atoms. The predicted molar refractivity (Wildman–Crippen MR) is 142 cm³/mol. The zero-order chi connectivity index (χ0) is 22.0. The van der Waals surface area contributed by atoms with E-state index in [9.17, 15) is 9.90 Å². The quantitative estimate of drug-likeness (QED) is 0.251. The Bertz CT molecular complexity index is 1250. The van der Waals surface area contributed by atoms with Crippen LogP contribution in [0.1, 0.15) is 62.1 Å². The van der Waals surface area contributed by atoms with Crippen molar-refractivity contribution in [3.63, 3.8) is 0 Å². The number of rotatable bonds is 2. The summed E-state index contributed by atoms with van der Waals surface area (Å²) in [4.78, 5) is 19.9. The fraction of sp³-hybridized carbons (Fsp3) is 0.269. The van der Waals surface area contributed by atoms with Crippen LogP contribution in [0, 0.1) is 13.8 Å². The van der Waals surface area contributed by atoms with Gasteiger partial charge < -0.3 is 5.11 Å². The van der Waals surface area contributed by atoms with Crippen molar-refractivity contribution < 1.29 is 9.90 Å². The molecule has 0 saturated heterocycles. The van der Waals surface area contributed by atoms with E-state index in [1.807, 2.05) is 43.3 Å². The molecule has 0 amide bonds. The number of aliphatic hydroxyl groups excluding tert-OH is 1. The van der Waals surface area contributed by atoms with Gasteiger partial charge in [0.15, 0.2) is 5.78 Å². The number of pyridine rings is 2. The molecule has 0 aliphatic carbocycles. The zero-order valence-electron chi connectivity index (χ0n) is 17.2. The van der Waals surface area contributed by atoms with Gasteiger partial charge in [-0.15, -0.1) is 0 Å². The number of Topliss-reactive ketones (excluding diaryl/α,β-unsaturated/α-hetero) is 1. The Morgan fingerprint density at radius 1 is 0.844 bits per heavy atom. The summed E-state index contributed by atoms with van der Waals surface area (Å²) in [6.45, 7) is 7.33. The van der Waals surface area contributed by atoms with E-state index in [1.54, 1.807) is 13.0 Å². The molecule has 0 radical (unpaired) electrons. The Morgan fingerprint density at radius 3 is 1.78 bits per heavy atom. The molecule has 0 fully saturated rings. The number of carbonyl (C=O) groups is 1. The highest BCUT2D eigenvalue weighted by atomic mass is 79.9. The molecule has 170 valence electrons. The van der Waals surface area contributed by atoms with Gasteiger partial charge >= 0.3 is 0 Å². The molecule has 4 nitrogen and oxygen atoms in total. The van der Waals surface area contributed by atoms with Gasteiger partial charge in [-0.25, -0.2) is 4.98 Å². The number of aliphatic hydroxyl groups is 1. The van der Waals surface area contributed by atoms with Crippen LogP contribution in [0.5, 0.6) is 0 Å². The molecule has 0 bridgehead atoms. The van der Waals surface area contributed by atoms with E-state index in [2.05, 4.69) is 54.8 Å². The molecule has 0 saturated carbocycles. The molecular formula is C26H30Br2N2O2. The van der Waals surface area contributed by atoms with Crippen LogP contribution in [0.3, 0.4) is 0 Å². The summed E-state index contributed by atoms with van der Waals surface area (Å²) < 4.78 is 2.00. The molecule has 0 aliphatic rings. The standard InChI is InChI=1S/C12H12BrNO.C12H10BrNO.2CH4/c2*1-7-5-9(13)6-12-10(7)3-4-11(14-12)8(2)15;;/h3-6,8,15H,1-2H3;3-6H,1-2H3;2*1H4/t8-;;;/m1.../s1. The molecule has 2 heterocycles. The van der Waals surface area contributed by atoms with E-state index >= 15 is 0 Å². The minimum absolute atomic E-state index is 0. The first-order chi connectivity index (χ1) is 14.2. The van der Waals surface area contributed by atoms with Crippen molar-refractivity contribution in [3.8, 4) is 0 Å². The minimum atomic E-state index is -0.520. The highest BCUT2D eigenvalue weighted by Gasteiger charge is 2.06. The molecule has 4 rings (SSSR count). The Morgan fingerprint density at radius 2 is 1.31 bits per heavy atom. The summed E-state index contributed by atoms with van der Waals surface area (Å²) in [6, 6.07) is 15.6. The van der Waals surface area contributed by atoms with Gasteiger partial charge in [0.25, 0.3) is 0 Å². The molecule has 0 unspecified atom stereocenters. The van der Waals surface area contributed by atoms with Gasteiger partial charge in [-0.05, 0) is 68.3 Å². The summed E-state index contributed by atoms with van der Waals surface area (Å²) >= 11 is 6.86. The second-order valence-corrected chi connectivity index (χ2v) is 9.07. The smallest absolute Gasteiger partial charge is 0.178 e. The van der Waals surface area contributed by atoms with E-state index in [0.717, 1.165) is 36.3 Å². The van der Waals surface area contributed by atoms with Gasteiger partial charge in [-0.1, -0.05) is 58.8 Å². The molecule has 1 N–H and O–H groups in total. The normalized spacial score (nSPS) is 11.1. The maximum atomic E-state index is 11.2. The summed E-state index contributed by atoms with van der Waals surface area (Å²) in [5, 5.41) is 11.7. The number of carbonyl (C=O) groups excluding carboxylic acids is 1. The lowest BCUT2D eigenvalue weighted by Crippen LogP contribution is -1.96. The van der Waals surface area contributed by atoms with Gasteiger partial charge in [-0.3, -0.25) is 9.78 Å². The maximum Gasteiger partial charge on any atom is 0.178 e. The van der Waals surface area contributed by atoms with Crippen LogP contribution in [0.2, 0.25) is 0 Å². The molecule has 4 aromatic rings. The van der Waals surface area contributed by atoms with Crippen LogP contribution in [0.15, 0.2) is 57.5 Å². The van der Waals surface area contributed by atoms with Gasteiger partial charge in [0, 0.05) is 26.6 Å². The first-order valence-electron chi connectivity index (χ1n) is 9.48. The topological polar surface area (TPSA) is 63.1 Å². The van der Waals surface area contributed by atoms with Crippen LogP contribution in [-0.2, 0) is 0 Å². The average Bonchev–Trinajstić information content (AvgIpc) is 2.67. The molecule has 6 heteroatoms. The second kappa shape index (κ2) is 11.6. The minimum Gasteiger partial charge on any atom is -0.387 e. The Balaban J connectivity index is 0.000000301. The van der Waals surface area contributed by atoms with Crippen molar-refractivity contribution in [2.45, 2.75) is 48.7 Å². The van der Waals surface area contributed by atoms with E-state index in [1.165, 1.54) is 12.5 Å². The number of aromatic nitrogens is 2. The van der Waals surface area contributed by atoms with E-state index in [4.69, 9.17) is 0 Å². The monoisotopic (exact) mass is 560 g/mol. The summed E-state index contributed by atoms with van der Waals surface area (Å²) in [6.07, 6.45) is -0.520. The lowest BCUT2D eigenvalue weighted by atomic mass is 10.1. The molecule has 2 aromatic heterocycles. The number of hydrogen-bond donors (Lipinski definition) is 1. The number of nitrogens with zero attached hydrogens (tertiary/aromatic N) is 2. The van der Waals surface area contributed by atoms with Crippen molar-refractivity contribution in [2.24, 2.45) is 0 Å². The van der Waals surface area contributed by atoms with Crippen molar-refractivity contribution in [1.82, 2.24) is 9.97 Å². The van der Waals surface area contributed by atoms with E-state index < -0.39 is 6.10 Å². The SMILES string of the molecule is C.C.CC(=O)c1ccc2c(C)cc(Br)cc2n1.Cc1cc(Br)cc2nc([C@@H](C)O)ccc12. The molecule has 32 heavy (non-hydrogen) atoms. The second-order valence-electron chi connectivity index (χ2n) is 7.24. The van der Waals surface area contributed by atoms with Crippen molar-refractivity contribution >= 4 is 59.4 Å². The molecule has 2 aromatic carbocycles. The first-order valence-corrected chi connectivity index (χ1v) is 11.1. The largest absolute Gasteiger partial charge is 0.387 e. The highest BCUT2D eigenvalue weighted by molar-refractivity contribution is 9.10. The van der Waals surface area contributed by atoms with Crippen LogP contribution in [0.25, 0.3) is 21.8 Å². The lowest BCUT2D eigenvalue weighted by Gasteiger charge is -2.07. The van der Waals surface area contributed by atoms with Crippen molar-refractivity contribution in [3.05, 3.63) is 80.0 Å². The number of fused-ring (bicyclic) bond motifs is 2. The average molecular weight is 562 g/mol. The van der Waals surface area contributed by atoms with Gasteiger partial charge in [0.05, 0.1) is 22.8 Å². The van der Waals surface area contributed by atoms with Crippen LogP contribution in [0.4, 0.5) is 0 Å². The Labute approximate surface area is 207 Å². The molecular weight excluding hydrogens is 532 g/mol. The number of halogens is 2. The number of aryl methyl sites for hydroxylation is 2. The summed E-state index contributed by atoms with van der Waals surface area (Å²) in [5.74, 6) is -0.00507. The van der Waals surface area contributed by atoms with Gasteiger partial charge in [0.2, 0.25) is 0 Å². The molecule has 0 aliphatic heterocycles. The van der Waals surface area contributed by atoms with Crippen LogP contribution < -0.4 is 0 Å². The number of benzene rings is 2. The first kappa shape index (κ1) is 27.9. The van der Waals surface area contributed by atoms with Crippen molar-refractivity contribution in [1.29, 1.82) is 0 Å². The van der Waals surface area contributed by atoms with E-state index in [-0.39, 0.29) is 20.6 Å². The Hall–Kier alpha value is -2.15. The third kappa shape index (κ3) is 6.44. The zero-order valence-corrected chi connectivity index (χ0v) is 20.4. The third-order valence-corrected chi connectivity index (χ3v) is 5.68. The summed E-state index contributed by atoms with van der Waals surface area (Å²) in [5.41, 5.74) is 5.33. The maximum absolute atomic E-state index is 11.2. The summed E-state index contributed by atoms with van der Waals surface area (Å²) in [7, 11) is 0. The van der Waals surface area contributed by atoms with Gasteiger partial charge in [0.1, 0.15) is 5.69 Å².